The molecule has 31 heavy (non-hydrogen) atoms. The first-order valence-electron chi connectivity index (χ1n) is 9.42. The first-order valence-corrected chi connectivity index (χ1v) is 9.83. The molecule has 152 valence electrons. The fourth-order valence-corrected chi connectivity index (χ4v) is 3.36. The molecule has 0 radical (unpaired) electrons. The van der Waals surface area contributed by atoms with E-state index in [1.807, 2.05) is 54.6 Å². The average molecular weight is 427 g/mol. The third kappa shape index (κ3) is 4.57. The Morgan fingerprint density at radius 3 is 2.26 bits per heavy atom. The number of hydrogen-bond acceptors (Lipinski definition) is 4. The molecule has 0 fully saturated rings. The average Bonchev–Trinajstić information content (AvgIpc) is 2.79. The Morgan fingerprint density at radius 2 is 1.55 bits per heavy atom. The Bertz CT molecular complexity index is 1290. The largest absolute Gasteiger partial charge is 0.478 e. The van der Waals surface area contributed by atoms with Gasteiger partial charge in [-0.05, 0) is 48.6 Å². The Morgan fingerprint density at radius 1 is 0.871 bits per heavy atom. The van der Waals surface area contributed by atoms with E-state index in [0.29, 0.717) is 27.8 Å². The Hall–Kier alpha value is -4.10. The maximum Gasteiger partial charge on any atom is 0.335 e. The van der Waals surface area contributed by atoms with Crippen LogP contribution in [0.1, 0.15) is 20.7 Å². The van der Waals surface area contributed by atoms with Gasteiger partial charge in [0.2, 0.25) is 0 Å². The molecule has 1 amide bonds. The summed E-state index contributed by atoms with van der Waals surface area (Å²) >= 11 is 5.27. The number of carboxylic acids is 1. The van der Waals surface area contributed by atoms with Gasteiger partial charge in [0, 0.05) is 16.6 Å². The number of carboxylic acid groups (broad SMARTS) is 1. The lowest BCUT2D eigenvalue weighted by Gasteiger charge is -2.12. The third-order valence-corrected chi connectivity index (χ3v) is 4.85. The summed E-state index contributed by atoms with van der Waals surface area (Å²) in [6.45, 7) is 0. The van der Waals surface area contributed by atoms with Crippen molar-refractivity contribution in [1.82, 2.24) is 10.3 Å². The molecule has 0 spiro atoms. The van der Waals surface area contributed by atoms with Crippen LogP contribution in [0.5, 0.6) is 0 Å². The van der Waals surface area contributed by atoms with Gasteiger partial charge in [-0.3, -0.25) is 10.1 Å². The summed E-state index contributed by atoms with van der Waals surface area (Å²) in [5.41, 5.74) is 3.48. The molecule has 0 unspecified atom stereocenters. The number of fused-ring (bicyclic) bond motifs is 1. The lowest BCUT2D eigenvalue weighted by molar-refractivity contribution is 0.0696. The second kappa shape index (κ2) is 8.73. The van der Waals surface area contributed by atoms with Crippen molar-refractivity contribution >= 4 is 45.8 Å². The molecule has 0 saturated carbocycles. The zero-order valence-corrected chi connectivity index (χ0v) is 17.0. The van der Waals surface area contributed by atoms with Crippen LogP contribution in [0.4, 0.5) is 5.69 Å². The van der Waals surface area contributed by atoms with Gasteiger partial charge >= 0.3 is 5.97 Å². The summed E-state index contributed by atoms with van der Waals surface area (Å²) in [7, 11) is 0. The fraction of sp³-hybridized carbons (Fsp3) is 0. The summed E-state index contributed by atoms with van der Waals surface area (Å²) in [5, 5.41) is 15.4. The van der Waals surface area contributed by atoms with Crippen molar-refractivity contribution in [2.75, 3.05) is 5.32 Å². The second-order valence-electron chi connectivity index (χ2n) is 6.73. The first-order chi connectivity index (χ1) is 15.0. The van der Waals surface area contributed by atoms with Crippen LogP contribution < -0.4 is 10.6 Å². The van der Waals surface area contributed by atoms with E-state index in [4.69, 9.17) is 17.3 Å². The molecule has 3 N–H and O–H groups in total. The van der Waals surface area contributed by atoms with Gasteiger partial charge < -0.3 is 10.4 Å². The third-order valence-electron chi connectivity index (χ3n) is 4.65. The second-order valence-corrected chi connectivity index (χ2v) is 7.14. The summed E-state index contributed by atoms with van der Waals surface area (Å²) in [4.78, 5) is 28.7. The molecular weight excluding hydrogens is 410 g/mol. The standard InChI is InChI=1S/C24H17N3O3S/c28-22(27-24(31)25-17-12-10-16(11-13-17)23(29)30)19-14-21(15-6-2-1-3-7-15)26-20-9-5-4-8-18(19)20/h1-14H,(H,29,30)(H2,25,27,28,31). The predicted molar refractivity (Wildman–Crippen MR) is 124 cm³/mol. The van der Waals surface area contributed by atoms with Gasteiger partial charge in [-0.15, -0.1) is 0 Å². The van der Waals surface area contributed by atoms with E-state index in [1.54, 1.807) is 18.2 Å². The van der Waals surface area contributed by atoms with Crippen molar-refractivity contribution in [2.24, 2.45) is 0 Å². The summed E-state index contributed by atoms with van der Waals surface area (Å²) in [6, 6.07) is 24.9. The lowest BCUT2D eigenvalue weighted by Crippen LogP contribution is -2.34. The van der Waals surface area contributed by atoms with Gasteiger partial charge in [-0.2, -0.15) is 0 Å². The molecule has 4 aromatic rings. The molecule has 1 aromatic heterocycles. The van der Waals surface area contributed by atoms with E-state index in [2.05, 4.69) is 15.6 Å². The Kier molecular flexibility index (Phi) is 5.68. The number of nitrogens with zero attached hydrogens (tertiary/aromatic N) is 1. The highest BCUT2D eigenvalue weighted by Crippen LogP contribution is 2.24. The van der Waals surface area contributed by atoms with Crippen molar-refractivity contribution in [3.05, 3.63) is 96.1 Å². The van der Waals surface area contributed by atoms with Crippen LogP contribution in [0.2, 0.25) is 0 Å². The van der Waals surface area contributed by atoms with Gasteiger partial charge in [0.1, 0.15) is 0 Å². The number of hydrogen-bond donors (Lipinski definition) is 3. The molecule has 0 atom stereocenters. The summed E-state index contributed by atoms with van der Waals surface area (Å²) in [6.07, 6.45) is 0. The molecule has 0 saturated heterocycles. The number of amides is 1. The number of carbonyl (C=O) groups is 2. The van der Waals surface area contributed by atoms with Gasteiger partial charge in [-0.1, -0.05) is 48.5 Å². The highest BCUT2D eigenvalue weighted by Gasteiger charge is 2.15. The highest BCUT2D eigenvalue weighted by molar-refractivity contribution is 7.80. The SMILES string of the molecule is O=C(O)c1ccc(NC(=S)NC(=O)c2cc(-c3ccccc3)nc3ccccc23)cc1. The number of thiocarbonyl (C=S) groups is 1. The van der Waals surface area contributed by atoms with Gasteiger partial charge in [-0.25, -0.2) is 9.78 Å². The summed E-state index contributed by atoms with van der Waals surface area (Å²) in [5.74, 6) is -1.38. The molecule has 7 heteroatoms. The van der Waals surface area contributed by atoms with Crippen LogP contribution in [0.15, 0.2) is 84.9 Å². The maximum atomic E-state index is 13.0. The van der Waals surface area contributed by atoms with E-state index in [1.165, 1.54) is 12.1 Å². The number of carbonyl (C=O) groups excluding carboxylic acids is 1. The van der Waals surface area contributed by atoms with Crippen molar-refractivity contribution in [1.29, 1.82) is 0 Å². The minimum atomic E-state index is -1.01. The zero-order chi connectivity index (χ0) is 21.8. The van der Waals surface area contributed by atoms with Crippen LogP contribution >= 0.6 is 12.2 Å². The normalized spacial score (nSPS) is 10.5. The number of aromatic carboxylic acids is 1. The molecule has 4 rings (SSSR count). The molecule has 0 bridgehead atoms. The topological polar surface area (TPSA) is 91.3 Å². The molecular formula is C24H17N3O3S. The molecule has 1 heterocycles. The number of rotatable bonds is 4. The highest BCUT2D eigenvalue weighted by atomic mass is 32.1. The molecule has 0 aliphatic heterocycles. The van der Waals surface area contributed by atoms with E-state index < -0.39 is 5.97 Å². The van der Waals surface area contributed by atoms with Gasteiger partial charge in [0.15, 0.2) is 5.11 Å². The Balaban J connectivity index is 1.59. The Labute approximate surface area is 183 Å². The number of benzene rings is 3. The number of nitrogens with one attached hydrogen (secondary N) is 2. The van der Waals surface area contributed by atoms with Crippen molar-refractivity contribution in [2.45, 2.75) is 0 Å². The summed E-state index contributed by atoms with van der Waals surface area (Å²) < 4.78 is 0. The molecule has 3 aromatic carbocycles. The first kappa shape index (κ1) is 20.2. The van der Waals surface area contributed by atoms with Crippen molar-refractivity contribution < 1.29 is 14.7 Å². The van der Waals surface area contributed by atoms with E-state index in [0.717, 1.165) is 5.56 Å². The van der Waals surface area contributed by atoms with Crippen molar-refractivity contribution in [3.8, 4) is 11.3 Å². The molecule has 6 nitrogen and oxygen atoms in total. The quantitative estimate of drug-likeness (QED) is 0.408. The smallest absolute Gasteiger partial charge is 0.335 e. The van der Waals surface area contributed by atoms with Gasteiger partial charge in [0.05, 0.1) is 22.3 Å². The molecule has 0 aliphatic carbocycles. The fourth-order valence-electron chi connectivity index (χ4n) is 3.15. The van der Waals surface area contributed by atoms with E-state index >= 15 is 0 Å². The predicted octanol–water partition coefficient (Wildman–Crippen LogP) is 4.73. The maximum absolute atomic E-state index is 13.0. The van der Waals surface area contributed by atoms with Gasteiger partial charge in [0.25, 0.3) is 5.91 Å². The van der Waals surface area contributed by atoms with E-state index in [9.17, 15) is 9.59 Å². The van der Waals surface area contributed by atoms with Crippen LogP contribution in [0.25, 0.3) is 22.2 Å². The number of aromatic nitrogens is 1. The number of anilines is 1. The van der Waals surface area contributed by atoms with Crippen LogP contribution in [-0.2, 0) is 0 Å². The van der Waals surface area contributed by atoms with E-state index in [-0.39, 0.29) is 16.6 Å². The van der Waals surface area contributed by atoms with Crippen LogP contribution in [0.3, 0.4) is 0 Å². The monoisotopic (exact) mass is 427 g/mol. The number of para-hydroxylation sites is 1. The minimum Gasteiger partial charge on any atom is -0.478 e. The minimum absolute atomic E-state index is 0.107. The van der Waals surface area contributed by atoms with Crippen LogP contribution in [-0.4, -0.2) is 27.1 Å². The van der Waals surface area contributed by atoms with Crippen molar-refractivity contribution in [3.63, 3.8) is 0 Å². The van der Waals surface area contributed by atoms with Crippen LogP contribution in [0, 0.1) is 0 Å². The number of pyridine rings is 1. The lowest BCUT2D eigenvalue weighted by atomic mass is 10.0. The zero-order valence-electron chi connectivity index (χ0n) is 16.2. The molecule has 0 aliphatic rings.